The van der Waals surface area contributed by atoms with Crippen LogP contribution in [0.4, 0.5) is 0 Å². The molecule has 0 aromatic carbocycles. The van der Waals surface area contributed by atoms with Gasteiger partial charge in [0.25, 0.3) is 0 Å². The summed E-state index contributed by atoms with van der Waals surface area (Å²) in [5, 5.41) is 7.32. The summed E-state index contributed by atoms with van der Waals surface area (Å²) < 4.78 is 23.4. The molecule has 5 nitrogen and oxygen atoms in total. The third-order valence-corrected chi connectivity index (χ3v) is 7.89. The average molecular weight is 370 g/mol. The smallest absolute Gasteiger partial charge is 0.191 e. The van der Waals surface area contributed by atoms with E-state index in [0.29, 0.717) is 30.1 Å². The van der Waals surface area contributed by atoms with E-state index in [2.05, 4.69) is 17.6 Å². The second-order valence-corrected chi connectivity index (χ2v) is 10.8. The van der Waals surface area contributed by atoms with E-state index in [9.17, 15) is 8.42 Å². The summed E-state index contributed by atoms with van der Waals surface area (Å²) in [6.45, 7) is 2.96. The van der Waals surface area contributed by atoms with Crippen LogP contribution in [0.25, 0.3) is 0 Å². The van der Waals surface area contributed by atoms with Crippen LogP contribution < -0.4 is 10.6 Å². The Morgan fingerprint density at radius 1 is 0.960 bits per heavy atom. The van der Waals surface area contributed by atoms with Crippen molar-refractivity contribution in [3.63, 3.8) is 0 Å². The van der Waals surface area contributed by atoms with Gasteiger partial charge in [-0.25, -0.2) is 8.42 Å². The Morgan fingerprint density at radius 3 is 2.36 bits per heavy atom. The molecule has 0 spiro atoms. The summed E-state index contributed by atoms with van der Waals surface area (Å²) in [7, 11) is -2.82. The minimum Gasteiger partial charge on any atom is -0.354 e. The number of guanidine groups is 1. The Morgan fingerprint density at radius 2 is 1.68 bits per heavy atom. The molecule has 0 aromatic heterocycles. The van der Waals surface area contributed by atoms with Crippen LogP contribution in [0.15, 0.2) is 4.99 Å². The number of aliphatic imine (C=N–C) groups is 1. The van der Waals surface area contributed by atoms with Gasteiger partial charge in [-0.2, -0.15) is 0 Å². The molecule has 0 aromatic rings. The van der Waals surface area contributed by atoms with E-state index in [1.165, 1.54) is 57.8 Å². The Hall–Kier alpha value is -0.780. The van der Waals surface area contributed by atoms with Gasteiger partial charge in [0.15, 0.2) is 15.8 Å². The van der Waals surface area contributed by atoms with Crippen LogP contribution >= 0.6 is 0 Å². The van der Waals surface area contributed by atoms with Crippen LogP contribution in [0, 0.1) is 11.8 Å². The highest BCUT2D eigenvalue weighted by Gasteiger charge is 2.28. The molecule has 3 rings (SSSR count). The Labute approximate surface area is 153 Å². The molecule has 2 aliphatic carbocycles. The van der Waals surface area contributed by atoms with E-state index < -0.39 is 9.84 Å². The maximum absolute atomic E-state index is 11.7. The third-order valence-electron chi connectivity index (χ3n) is 6.06. The van der Waals surface area contributed by atoms with Crippen molar-refractivity contribution in [3.05, 3.63) is 0 Å². The van der Waals surface area contributed by atoms with Gasteiger partial charge in [-0.1, -0.05) is 39.0 Å². The van der Waals surface area contributed by atoms with Crippen molar-refractivity contribution in [2.24, 2.45) is 16.8 Å². The lowest BCUT2D eigenvalue weighted by Gasteiger charge is -2.31. The van der Waals surface area contributed by atoms with Gasteiger partial charge in [0.1, 0.15) is 0 Å². The van der Waals surface area contributed by atoms with Crippen LogP contribution in [-0.4, -0.2) is 44.5 Å². The largest absolute Gasteiger partial charge is 0.354 e. The van der Waals surface area contributed by atoms with Crippen molar-refractivity contribution >= 4 is 15.8 Å². The van der Waals surface area contributed by atoms with E-state index in [1.54, 1.807) is 0 Å². The molecule has 0 bridgehead atoms. The molecule has 3 unspecified atom stereocenters. The molecule has 3 fully saturated rings. The summed E-state index contributed by atoms with van der Waals surface area (Å²) in [4.78, 5) is 4.81. The summed E-state index contributed by atoms with van der Waals surface area (Å²) in [6.07, 6.45) is 12.2. The average Bonchev–Trinajstić information content (AvgIpc) is 2.93. The van der Waals surface area contributed by atoms with E-state index >= 15 is 0 Å². The van der Waals surface area contributed by atoms with E-state index in [0.717, 1.165) is 18.3 Å². The third kappa shape index (κ3) is 6.15. The van der Waals surface area contributed by atoms with Crippen LogP contribution in [0.5, 0.6) is 0 Å². The minimum atomic E-state index is -2.82. The number of nitrogens with one attached hydrogen (secondary N) is 2. The molecule has 3 atom stereocenters. The SMILES string of the molecule is CC1CCCC(NC(=NCC2CCS(=O)(=O)C2)NC2CCCCC2)C1. The van der Waals surface area contributed by atoms with Crippen molar-refractivity contribution in [2.45, 2.75) is 83.2 Å². The van der Waals surface area contributed by atoms with Gasteiger partial charge in [-0.3, -0.25) is 4.99 Å². The highest BCUT2D eigenvalue weighted by molar-refractivity contribution is 7.91. The van der Waals surface area contributed by atoms with Gasteiger partial charge < -0.3 is 10.6 Å². The molecule has 6 heteroatoms. The fourth-order valence-corrected chi connectivity index (χ4v) is 6.42. The quantitative estimate of drug-likeness (QED) is 0.590. The number of hydrogen-bond donors (Lipinski definition) is 2. The summed E-state index contributed by atoms with van der Waals surface area (Å²) >= 11 is 0. The van der Waals surface area contributed by atoms with Crippen molar-refractivity contribution in [2.75, 3.05) is 18.1 Å². The summed E-state index contributed by atoms with van der Waals surface area (Å²) in [6, 6.07) is 1.03. The minimum absolute atomic E-state index is 0.195. The molecule has 144 valence electrons. The van der Waals surface area contributed by atoms with Gasteiger partial charge in [0, 0.05) is 18.6 Å². The zero-order valence-electron chi connectivity index (χ0n) is 15.7. The molecule has 3 aliphatic rings. The fourth-order valence-electron chi connectivity index (χ4n) is 4.57. The Balaban J connectivity index is 1.59. The molecule has 2 saturated carbocycles. The van der Waals surface area contributed by atoms with Crippen molar-refractivity contribution in [1.82, 2.24) is 10.6 Å². The van der Waals surface area contributed by atoms with Crippen LogP contribution in [0.3, 0.4) is 0 Å². The monoisotopic (exact) mass is 369 g/mol. The lowest BCUT2D eigenvalue weighted by molar-refractivity contribution is 0.321. The zero-order chi connectivity index (χ0) is 17.7. The van der Waals surface area contributed by atoms with E-state index in [4.69, 9.17) is 4.99 Å². The van der Waals surface area contributed by atoms with Gasteiger partial charge >= 0.3 is 0 Å². The highest BCUT2D eigenvalue weighted by atomic mass is 32.2. The van der Waals surface area contributed by atoms with Crippen molar-refractivity contribution in [3.8, 4) is 0 Å². The molecule has 2 N–H and O–H groups in total. The van der Waals surface area contributed by atoms with Crippen LogP contribution in [0.1, 0.15) is 71.1 Å². The van der Waals surface area contributed by atoms with Crippen molar-refractivity contribution < 1.29 is 8.42 Å². The number of hydrogen-bond acceptors (Lipinski definition) is 3. The predicted octanol–water partition coefficient (Wildman–Crippen LogP) is 2.87. The molecule has 1 heterocycles. The lowest BCUT2D eigenvalue weighted by atomic mass is 9.87. The maximum atomic E-state index is 11.7. The topological polar surface area (TPSA) is 70.6 Å². The summed E-state index contributed by atoms with van der Waals surface area (Å²) in [5.41, 5.74) is 0. The molecule has 1 saturated heterocycles. The second-order valence-electron chi connectivity index (χ2n) is 8.55. The van der Waals surface area contributed by atoms with Gasteiger partial charge in [-0.15, -0.1) is 0 Å². The molecular formula is C19H35N3O2S. The summed E-state index contributed by atoms with van der Waals surface area (Å²) in [5.74, 6) is 2.55. The standard InChI is InChI=1S/C19H35N3O2S/c1-15-6-5-9-18(12-15)22-19(21-17-7-3-2-4-8-17)20-13-16-10-11-25(23,24)14-16/h15-18H,2-14H2,1H3,(H2,20,21,22). The van der Waals surface area contributed by atoms with Gasteiger partial charge in [0.05, 0.1) is 11.5 Å². The number of nitrogens with zero attached hydrogens (tertiary/aromatic N) is 1. The first-order valence-corrected chi connectivity index (χ1v) is 12.1. The van der Waals surface area contributed by atoms with Gasteiger partial charge in [0.2, 0.25) is 0 Å². The van der Waals surface area contributed by atoms with Crippen LogP contribution in [-0.2, 0) is 9.84 Å². The van der Waals surface area contributed by atoms with Gasteiger partial charge in [-0.05, 0) is 43.9 Å². The Bertz CT molecular complexity index is 555. The number of rotatable bonds is 4. The molecular weight excluding hydrogens is 334 g/mol. The maximum Gasteiger partial charge on any atom is 0.191 e. The first-order valence-electron chi connectivity index (χ1n) is 10.3. The first kappa shape index (κ1) is 19.0. The Kier molecular flexibility index (Phi) is 6.64. The number of sulfone groups is 1. The molecule has 25 heavy (non-hydrogen) atoms. The molecule has 0 radical (unpaired) electrons. The second kappa shape index (κ2) is 8.74. The first-order chi connectivity index (χ1) is 12.0. The fraction of sp³-hybridized carbons (Fsp3) is 0.947. The molecule has 0 amide bonds. The normalized spacial score (nSPS) is 34.0. The van der Waals surface area contributed by atoms with E-state index in [-0.39, 0.29) is 5.92 Å². The van der Waals surface area contributed by atoms with Crippen LogP contribution in [0.2, 0.25) is 0 Å². The van der Waals surface area contributed by atoms with E-state index in [1.807, 2.05) is 0 Å². The molecule has 1 aliphatic heterocycles. The lowest BCUT2D eigenvalue weighted by Crippen LogP contribution is -2.49. The van der Waals surface area contributed by atoms with Crippen molar-refractivity contribution in [1.29, 1.82) is 0 Å². The zero-order valence-corrected chi connectivity index (χ0v) is 16.5. The predicted molar refractivity (Wildman–Crippen MR) is 104 cm³/mol. The highest BCUT2D eigenvalue weighted by Crippen LogP contribution is 2.24.